The molecular formula is C90H56N6. The van der Waals surface area contributed by atoms with Gasteiger partial charge in [-0.15, -0.1) is 0 Å². The zero-order valence-corrected chi connectivity index (χ0v) is 52.0. The van der Waals surface area contributed by atoms with Crippen LogP contribution in [0.2, 0.25) is 0 Å². The van der Waals surface area contributed by atoms with Crippen molar-refractivity contribution in [3.05, 3.63) is 340 Å². The Kier molecular flexibility index (Phi) is 13.8. The highest BCUT2D eigenvalue weighted by molar-refractivity contribution is 6.34. The molecule has 0 aliphatic heterocycles. The van der Waals surface area contributed by atoms with E-state index in [1.54, 1.807) is 0 Å². The molecule has 0 N–H and O–H groups in total. The molecule has 0 saturated heterocycles. The second kappa shape index (κ2) is 23.7. The molecule has 17 aromatic carbocycles. The lowest BCUT2D eigenvalue weighted by molar-refractivity contribution is 1.07. The maximum Gasteiger partial charge on any atom is 0.164 e. The van der Waals surface area contributed by atoms with Gasteiger partial charge in [-0.25, -0.2) is 29.9 Å². The molecule has 0 amide bonds. The highest BCUT2D eigenvalue weighted by atomic mass is 15.0. The van der Waals surface area contributed by atoms with Crippen LogP contribution in [0.15, 0.2) is 340 Å². The van der Waals surface area contributed by atoms with Crippen molar-refractivity contribution in [1.82, 2.24) is 29.9 Å². The minimum absolute atomic E-state index is 0.644. The van der Waals surface area contributed by atoms with Gasteiger partial charge in [0.15, 0.2) is 34.9 Å². The molecule has 0 radical (unpaired) electrons. The highest BCUT2D eigenvalue weighted by Crippen LogP contribution is 2.46. The van der Waals surface area contributed by atoms with Crippen molar-refractivity contribution in [3.8, 4) is 90.6 Å². The normalized spacial score (nSPS) is 11.5. The van der Waals surface area contributed by atoms with Gasteiger partial charge in [-0.1, -0.05) is 315 Å². The molecule has 2 heterocycles. The van der Waals surface area contributed by atoms with Gasteiger partial charge in [0.1, 0.15) is 0 Å². The van der Waals surface area contributed by atoms with E-state index in [4.69, 9.17) is 29.9 Å². The van der Waals surface area contributed by atoms with Crippen LogP contribution in [0.5, 0.6) is 0 Å². The van der Waals surface area contributed by atoms with E-state index in [0.717, 1.165) is 55.5 Å². The maximum atomic E-state index is 5.11. The Labute approximate surface area is 553 Å². The first-order chi connectivity index (χ1) is 47.6. The summed E-state index contributed by atoms with van der Waals surface area (Å²) >= 11 is 0. The minimum atomic E-state index is 0.644. The van der Waals surface area contributed by atoms with E-state index in [9.17, 15) is 0 Å². The van der Waals surface area contributed by atoms with Gasteiger partial charge in [-0.2, -0.15) is 0 Å². The number of aromatic nitrogens is 6. The molecule has 0 spiro atoms. The zero-order chi connectivity index (χ0) is 63.5. The number of rotatable bonds is 8. The third-order valence-corrected chi connectivity index (χ3v) is 18.8. The summed E-state index contributed by atoms with van der Waals surface area (Å²) in [6, 6.07) is 120. The molecule has 0 unspecified atom stereocenters. The van der Waals surface area contributed by atoms with E-state index in [1.165, 1.54) is 97.1 Å². The van der Waals surface area contributed by atoms with Crippen LogP contribution < -0.4 is 0 Å². The van der Waals surface area contributed by atoms with Crippen LogP contribution in [0.4, 0.5) is 0 Å². The molecule has 19 rings (SSSR count). The summed E-state index contributed by atoms with van der Waals surface area (Å²) < 4.78 is 0. The fraction of sp³-hybridized carbons (Fsp3) is 0. The van der Waals surface area contributed by atoms with Gasteiger partial charge < -0.3 is 0 Å². The van der Waals surface area contributed by atoms with Crippen molar-refractivity contribution in [2.75, 3.05) is 0 Å². The summed E-state index contributed by atoms with van der Waals surface area (Å²) in [7, 11) is 0. The maximum absolute atomic E-state index is 5.11. The molecule has 0 saturated carbocycles. The van der Waals surface area contributed by atoms with Gasteiger partial charge in [0.05, 0.1) is 0 Å². The van der Waals surface area contributed by atoms with Crippen molar-refractivity contribution >= 4 is 97.0 Å². The second-order valence-corrected chi connectivity index (χ2v) is 24.4. The fourth-order valence-electron chi connectivity index (χ4n) is 14.3. The molecule has 6 nitrogen and oxygen atoms in total. The Morgan fingerprint density at radius 2 is 0.438 bits per heavy atom. The van der Waals surface area contributed by atoms with Crippen molar-refractivity contribution < 1.29 is 0 Å². The Morgan fingerprint density at radius 3 is 0.917 bits per heavy atom. The minimum Gasteiger partial charge on any atom is -0.208 e. The van der Waals surface area contributed by atoms with Gasteiger partial charge >= 0.3 is 0 Å². The van der Waals surface area contributed by atoms with Crippen molar-refractivity contribution in [3.63, 3.8) is 0 Å². The summed E-state index contributed by atoms with van der Waals surface area (Å²) in [6.45, 7) is 0. The van der Waals surface area contributed by atoms with Gasteiger partial charge in [0, 0.05) is 33.4 Å². The summed E-state index contributed by atoms with van der Waals surface area (Å²) in [5.41, 5.74) is 10.3. The van der Waals surface area contributed by atoms with Gasteiger partial charge in [0.25, 0.3) is 0 Å². The van der Waals surface area contributed by atoms with Crippen LogP contribution in [0.25, 0.3) is 188 Å². The smallest absolute Gasteiger partial charge is 0.164 e. The first-order valence-corrected chi connectivity index (χ1v) is 32.5. The molecule has 2 aromatic heterocycles. The first kappa shape index (κ1) is 55.9. The Balaban J connectivity index is 0.000000141. The molecule has 0 aliphatic carbocycles. The third-order valence-electron chi connectivity index (χ3n) is 18.8. The molecule has 0 fully saturated rings. The molecule has 0 aliphatic rings. The SMILES string of the molecule is c1ccc(-c2nc(-c3cccc(-c4cc5c6ccccc6c6ccccc6c5c5ccccc45)c3)nc(-c3ccc4ccccc4c3)n2)cc1.c1ccc(-c2nc(-c3ccccc3)nc(-c3ccccc3-c3cc4c5ccccc5c5ccccc5c4c4ccccc34)n2)cc1. The van der Waals surface area contributed by atoms with Gasteiger partial charge in [0.2, 0.25) is 0 Å². The van der Waals surface area contributed by atoms with Crippen molar-refractivity contribution in [2.24, 2.45) is 0 Å². The van der Waals surface area contributed by atoms with Crippen LogP contribution >= 0.6 is 0 Å². The van der Waals surface area contributed by atoms with Crippen LogP contribution in [-0.2, 0) is 0 Å². The summed E-state index contributed by atoms with van der Waals surface area (Å²) in [5.74, 6) is 3.90. The predicted octanol–water partition coefficient (Wildman–Crippen LogP) is 23.5. The summed E-state index contributed by atoms with van der Waals surface area (Å²) in [4.78, 5) is 30.3. The average Bonchev–Trinajstić information content (AvgIpc) is 0.727. The number of fused-ring (bicyclic) bond motifs is 17. The van der Waals surface area contributed by atoms with Crippen LogP contribution in [0.1, 0.15) is 0 Å². The lowest BCUT2D eigenvalue weighted by atomic mass is 9.86. The van der Waals surface area contributed by atoms with E-state index in [2.05, 4.69) is 261 Å². The average molecular weight is 1220 g/mol. The lowest BCUT2D eigenvalue weighted by Crippen LogP contribution is -2.01. The van der Waals surface area contributed by atoms with E-state index >= 15 is 0 Å². The van der Waals surface area contributed by atoms with E-state index in [1.807, 2.05) is 78.9 Å². The monoisotopic (exact) mass is 1220 g/mol. The molecule has 0 atom stereocenters. The number of hydrogen-bond donors (Lipinski definition) is 0. The summed E-state index contributed by atoms with van der Waals surface area (Å²) in [5, 5.41) is 22.4. The van der Waals surface area contributed by atoms with Gasteiger partial charge in [-0.3, -0.25) is 0 Å². The Morgan fingerprint density at radius 1 is 0.135 bits per heavy atom. The molecule has 0 bridgehead atoms. The van der Waals surface area contributed by atoms with Crippen molar-refractivity contribution in [2.45, 2.75) is 0 Å². The van der Waals surface area contributed by atoms with E-state index in [-0.39, 0.29) is 0 Å². The topological polar surface area (TPSA) is 77.3 Å². The fourth-order valence-corrected chi connectivity index (χ4v) is 14.3. The largest absolute Gasteiger partial charge is 0.208 e. The van der Waals surface area contributed by atoms with E-state index < -0.39 is 0 Å². The number of hydrogen-bond acceptors (Lipinski definition) is 6. The summed E-state index contributed by atoms with van der Waals surface area (Å²) in [6.07, 6.45) is 0. The van der Waals surface area contributed by atoms with Crippen LogP contribution in [0, 0.1) is 0 Å². The molecule has 19 aromatic rings. The van der Waals surface area contributed by atoms with Crippen LogP contribution in [0.3, 0.4) is 0 Å². The second-order valence-electron chi connectivity index (χ2n) is 24.4. The lowest BCUT2D eigenvalue weighted by Gasteiger charge is -2.18. The molecule has 446 valence electrons. The predicted molar refractivity (Wildman–Crippen MR) is 401 cm³/mol. The van der Waals surface area contributed by atoms with Crippen molar-refractivity contribution in [1.29, 1.82) is 0 Å². The van der Waals surface area contributed by atoms with E-state index in [0.29, 0.717) is 34.9 Å². The number of benzene rings is 17. The first-order valence-electron chi connectivity index (χ1n) is 32.5. The quantitative estimate of drug-likeness (QED) is 0.141. The molecule has 96 heavy (non-hydrogen) atoms. The standard InChI is InChI=1S/C47H29N3.C43H27N3/c1-2-14-31(15-3-1)45-48-46(50-47(49-45)35-26-25-30-13-4-5-16-32(30)27-35)34-18-12-17-33(28-34)42-29-43-38-21-7-6-19-36(38)37-20-8-10-23-40(37)44(43)41-24-11-9-22-39(41)42;1-3-15-28(16-4-1)41-44-42(29-17-5-2-6-18-29)46-43(45-41)37-26-14-11-23-34(37)38-27-39-32-21-8-7-19-30(32)31-20-9-12-24-35(31)40(39)36-25-13-10-22-33(36)38/h1-29H;1-27H. The molecular weight excluding hydrogens is 1170 g/mol. The Bertz CT molecular complexity index is 6210. The van der Waals surface area contributed by atoms with Crippen LogP contribution in [-0.4, -0.2) is 29.9 Å². The highest BCUT2D eigenvalue weighted by Gasteiger charge is 2.22. The van der Waals surface area contributed by atoms with Gasteiger partial charge in [-0.05, 0) is 143 Å². The Hall–Kier alpha value is -12.9. The zero-order valence-electron chi connectivity index (χ0n) is 52.0. The number of nitrogens with zero attached hydrogens (tertiary/aromatic N) is 6. The molecule has 6 heteroatoms. The third kappa shape index (κ3) is 9.83.